The molecule has 0 bridgehead atoms. The number of amides is 1. The molecule has 0 unspecified atom stereocenters. The van der Waals surface area contributed by atoms with Crippen molar-refractivity contribution >= 4 is 22.9 Å². The van der Waals surface area contributed by atoms with E-state index >= 15 is 0 Å². The van der Waals surface area contributed by atoms with Gasteiger partial charge in [-0.25, -0.2) is 0 Å². The lowest BCUT2D eigenvalue weighted by Gasteiger charge is -2.07. The monoisotopic (exact) mass is 289 g/mol. The molecule has 0 saturated carbocycles. The average Bonchev–Trinajstić information content (AvgIpc) is 2.88. The molecular formula is C15H19N3OS. The molecular weight excluding hydrogens is 270 g/mol. The molecule has 2 rings (SSSR count). The summed E-state index contributed by atoms with van der Waals surface area (Å²) in [6.45, 7) is 5.59. The molecule has 0 saturated heterocycles. The summed E-state index contributed by atoms with van der Waals surface area (Å²) in [6, 6.07) is 7.74. The van der Waals surface area contributed by atoms with Crippen molar-refractivity contribution in [1.29, 1.82) is 0 Å². The van der Waals surface area contributed by atoms with Crippen molar-refractivity contribution in [2.45, 2.75) is 26.8 Å². The van der Waals surface area contributed by atoms with Gasteiger partial charge in [0.2, 0.25) is 0 Å². The highest BCUT2D eigenvalue weighted by atomic mass is 32.1. The topological polar surface area (TPSA) is 54.0 Å². The van der Waals surface area contributed by atoms with Crippen molar-refractivity contribution in [3.05, 3.63) is 45.9 Å². The van der Waals surface area contributed by atoms with Gasteiger partial charge < -0.3 is 10.6 Å². The van der Waals surface area contributed by atoms with Crippen molar-refractivity contribution in [1.82, 2.24) is 10.3 Å². The predicted molar refractivity (Wildman–Crippen MR) is 83.2 cm³/mol. The zero-order chi connectivity index (χ0) is 14.4. The Kier molecular flexibility index (Phi) is 5.12. The number of nitrogens with zero attached hydrogens (tertiary/aromatic N) is 1. The minimum atomic E-state index is -0.142. The van der Waals surface area contributed by atoms with Gasteiger partial charge in [0.05, 0.1) is 6.54 Å². The molecule has 0 aliphatic rings. The first-order chi connectivity index (χ1) is 9.69. The number of thiophene rings is 1. The number of anilines is 1. The lowest BCUT2D eigenvalue weighted by molar-refractivity contribution is 0.0946. The van der Waals surface area contributed by atoms with Crippen molar-refractivity contribution in [3.8, 4) is 0 Å². The third-order valence-electron chi connectivity index (χ3n) is 2.79. The summed E-state index contributed by atoms with van der Waals surface area (Å²) in [7, 11) is 0. The minimum Gasteiger partial charge on any atom is -0.385 e. The van der Waals surface area contributed by atoms with Gasteiger partial charge in [-0.2, -0.15) is 0 Å². The van der Waals surface area contributed by atoms with Crippen LogP contribution in [0.4, 0.5) is 5.69 Å². The molecule has 2 N–H and O–H groups in total. The molecule has 0 aliphatic carbocycles. The molecule has 2 aromatic rings. The Labute approximate surface area is 123 Å². The van der Waals surface area contributed by atoms with E-state index in [1.165, 1.54) is 4.88 Å². The number of nitrogens with one attached hydrogen (secondary N) is 2. The van der Waals surface area contributed by atoms with Gasteiger partial charge in [-0.1, -0.05) is 6.92 Å². The predicted octanol–water partition coefficient (Wildman–Crippen LogP) is 3.20. The van der Waals surface area contributed by atoms with Crippen LogP contribution in [0, 0.1) is 6.92 Å². The van der Waals surface area contributed by atoms with E-state index in [2.05, 4.69) is 35.5 Å². The van der Waals surface area contributed by atoms with E-state index in [4.69, 9.17) is 0 Å². The molecule has 2 heterocycles. The number of pyridine rings is 1. The van der Waals surface area contributed by atoms with Crippen LogP contribution in [0.25, 0.3) is 0 Å². The Morgan fingerprint density at radius 1 is 1.35 bits per heavy atom. The number of hydrogen-bond donors (Lipinski definition) is 2. The van der Waals surface area contributed by atoms with Crippen molar-refractivity contribution in [2.75, 3.05) is 11.9 Å². The highest BCUT2D eigenvalue weighted by molar-refractivity contribution is 7.11. The van der Waals surface area contributed by atoms with Gasteiger partial charge in [-0.15, -0.1) is 11.3 Å². The summed E-state index contributed by atoms with van der Waals surface area (Å²) in [6.07, 6.45) is 2.70. The molecule has 0 spiro atoms. The van der Waals surface area contributed by atoms with Crippen LogP contribution in [0.5, 0.6) is 0 Å². The van der Waals surface area contributed by atoms with Crippen LogP contribution in [0.3, 0.4) is 0 Å². The van der Waals surface area contributed by atoms with E-state index in [0.717, 1.165) is 23.5 Å². The molecule has 0 radical (unpaired) electrons. The third kappa shape index (κ3) is 4.06. The van der Waals surface area contributed by atoms with Gasteiger partial charge >= 0.3 is 0 Å². The number of hydrogen-bond acceptors (Lipinski definition) is 4. The SMILES string of the molecule is CCCNc1ccnc(C(=O)NCc2ccc(C)s2)c1. The van der Waals surface area contributed by atoms with E-state index in [9.17, 15) is 4.79 Å². The summed E-state index contributed by atoms with van der Waals surface area (Å²) in [5.74, 6) is -0.142. The maximum absolute atomic E-state index is 12.1. The number of carbonyl (C=O) groups excluding carboxylic acids is 1. The molecule has 0 atom stereocenters. The molecule has 106 valence electrons. The molecule has 2 aromatic heterocycles. The normalized spacial score (nSPS) is 10.3. The molecule has 5 heteroatoms. The van der Waals surface area contributed by atoms with Crippen LogP contribution in [-0.2, 0) is 6.54 Å². The zero-order valence-corrected chi connectivity index (χ0v) is 12.6. The molecule has 0 aliphatic heterocycles. The van der Waals surface area contributed by atoms with Gasteiger partial charge in [0.15, 0.2) is 0 Å². The summed E-state index contributed by atoms with van der Waals surface area (Å²) >= 11 is 1.69. The van der Waals surface area contributed by atoms with E-state index in [0.29, 0.717) is 12.2 Å². The second-order valence-corrected chi connectivity index (χ2v) is 5.92. The summed E-state index contributed by atoms with van der Waals surface area (Å²) in [4.78, 5) is 18.6. The quantitative estimate of drug-likeness (QED) is 0.858. The minimum absolute atomic E-state index is 0.142. The maximum Gasteiger partial charge on any atom is 0.270 e. The van der Waals surface area contributed by atoms with Crippen LogP contribution in [0.15, 0.2) is 30.5 Å². The Morgan fingerprint density at radius 2 is 2.20 bits per heavy atom. The first-order valence-corrected chi connectivity index (χ1v) is 7.54. The average molecular weight is 289 g/mol. The van der Waals surface area contributed by atoms with Crippen LogP contribution in [0.1, 0.15) is 33.6 Å². The largest absolute Gasteiger partial charge is 0.385 e. The van der Waals surface area contributed by atoms with Crippen LogP contribution in [0.2, 0.25) is 0 Å². The molecule has 4 nitrogen and oxygen atoms in total. The zero-order valence-electron chi connectivity index (χ0n) is 11.8. The van der Waals surface area contributed by atoms with Gasteiger partial charge in [0.1, 0.15) is 5.69 Å². The van der Waals surface area contributed by atoms with Crippen molar-refractivity contribution < 1.29 is 4.79 Å². The van der Waals surface area contributed by atoms with Crippen molar-refractivity contribution in [3.63, 3.8) is 0 Å². The van der Waals surface area contributed by atoms with E-state index < -0.39 is 0 Å². The second-order valence-electron chi connectivity index (χ2n) is 4.55. The number of aryl methyl sites for hydroxylation is 1. The Hall–Kier alpha value is -1.88. The van der Waals surface area contributed by atoms with Crippen LogP contribution in [-0.4, -0.2) is 17.4 Å². The number of carbonyl (C=O) groups is 1. The lowest BCUT2D eigenvalue weighted by Crippen LogP contribution is -2.23. The Balaban J connectivity index is 1.94. The lowest BCUT2D eigenvalue weighted by atomic mass is 10.3. The standard InChI is InChI=1S/C15H19N3OS/c1-3-7-16-12-6-8-17-14(9-12)15(19)18-10-13-5-4-11(2)20-13/h4-6,8-9H,3,7,10H2,1-2H3,(H,16,17)(H,18,19). The first-order valence-electron chi connectivity index (χ1n) is 6.72. The van der Waals surface area contributed by atoms with Crippen LogP contribution >= 0.6 is 11.3 Å². The van der Waals surface area contributed by atoms with Gasteiger partial charge in [-0.3, -0.25) is 9.78 Å². The van der Waals surface area contributed by atoms with Crippen molar-refractivity contribution in [2.24, 2.45) is 0 Å². The molecule has 0 aromatic carbocycles. The van der Waals surface area contributed by atoms with Gasteiger partial charge in [0.25, 0.3) is 5.91 Å². The number of rotatable bonds is 6. The summed E-state index contributed by atoms with van der Waals surface area (Å²) < 4.78 is 0. The summed E-state index contributed by atoms with van der Waals surface area (Å²) in [5, 5.41) is 6.14. The third-order valence-corrected chi connectivity index (χ3v) is 3.79. The fourth-order valence-corrected chi connectivity index (χ4v) is 2.60. The first kappa shape index (κ1) is 14.5. The van der Waals surface area contributed by atoms with Gasteiger partial charge in [0, 0.05) is 28.2 Å². The van der Waals surface area contributed by atoms with Crippen LogP contribution < -0.4 is 10.6 Å². The molecule has 0 fully saturated rings. The molecule has 1 amide bonds. The summed E-state index contributed by atoms with van der Waals surface area (Å²) in [5.41, 5.74) is 1.37. The second kappa shape index (κ2) is 7.05. The van der Waals surface area contributed by atoms with Gasteiger partial charge in [-0.05, 0) is 37.6 Å². The molecule has 20 heavy (non-hydrogen) atoms. The van der Waals surface area contributed by atoms with E-state index in [1.807, 2.05) is 12.1 Å². The smallest absolute Gasteiger partial charge is 0.270 e. The van der Waals surface area contributed by atoms with E-state index in [1.54, 1.807) is 23.6 Å². The Bertz CT molecular complexity index is 580. The highest BCUT2D eigenvalue weighted by Crippen LogP contribution is 2.15. The fraction of sp³-hybridized carbons (Fsp3) is 0.333. The fourth-order valence-electron chi connectivity index (χ4n) is 1.77. The van der Waals surface area contributed by atoms with E-state index in [-0.39, 0.29) is 5.91 Å². The number of aromatic nitrogens is 1. The maximum atomic E-state index is 12.1. The highest BCUT2D eigenvalue weighted by Gasteiger charge is 2.08. The Morgan fingerprint density at radius 3 is 2.90 bits per heavy atom.